The monoisotopic (exact) mass is 278 g/mol. The number of nitrogens with zero attached hydrogens (tertiary/aromatic N) is 2. The van der Waals surface area contributed by atoms with E-state index in [1.54, 1.807) is 24.3 Å². The van der Waals surface area contributed by atoms with Gasteiger partial charge in [0.1, 0.15) is 6.10 Å². The van der Waals surface area contributed by atoms with E-state index in [4.69, 9.17) is 9.84 Å². The molecule has 0 saturated carbocycles. The highest BCUT2D eigenvalue weighted by Gasteiger charge is 2.37. The normalized spacial score (nSPS) is 23.3. The summed E-state index contributed by atoms with van der Waals surface area (Å²) in [6.07, 6.45) is 2.65. The fourth-order valence-electron chi connectivity index (χ4n) is 2.28. The van der Waals surface area contributed by atoms with Crippen molar-refractivity contribution in [3.8, 4) is 0 Å². The molecule has 0 spiro atoms. The number of likely N-dealkylation sites (N-methyl/N-ethyl adjacent to an activating group) is 1. The Kier molecular flexibility index (Phi) is 4.34. The molecule has 1 unspecified atom stereocenters. The Morgan fingerprint density at radius 2 is 1.95 bits per heavy atom. The standard InChI is InChI=1S/C14H18N2O4/c1-9(10-5-7-15-8-6-10)16(2)13(17)11-3-4-12(20-11)14(18)19/h5-9,11-12H,3-4H2,1-2H3,(H,18,19)/t9?,11-,12+/m0/s1. The topological polar surface area (TPSA) is 79.7 Å². The molecule has 1 aromatic heterocycles. The van der Waals surface area contributed by atoms with Crippen LogP contribution < -0.4 is 0 Å². The van der Waals surface area contributed by atoms with Crippen molar-refractivity contribution in [2.45, 2.75) is 38.0 Å². The van der Waals surface area contributed by atoms with E-state index >= 15 is 0 Å². The first-order valence-electron chi connectivity index (χ1n) is 6.55. The number of hydrogen-bond acceptors (Lipinski definition) is 4. The molecule has 2 heterocycles. The summed E-state index contributed by atoms with van der Waals surface area (Å²) in [6.45, 7) is 1.91. The van der Waals surface area contributed by atoms with Gasteiger partial charge in [0.2, 0.25) is 0 Å². The smallest absolute Gasteiger partial charge is 0.332 e. The van der Waals surface area contributed by atoms with Crippen molar-refractivity contribution in [3.63, 3.8) is 0 Å². The molecular formula is C14H18N2O4. The number of carboxylic acids is 1. The van der Waals surface area contributed by atoms with Crippen LogP contribution >= 0.6 is 0 Å². The van der Waals surface area contributed by atoms with Gasteiger partial charge in [0.25, 0.3) is 5.91 Å². The predicted octanol–water partition coefficient (Wildman–Crippen LogP) is 1.23. The highest BCUT2D eigenvalue weighted by Crippen LogP contribution is 2.25. The lowest BCUT2D eigenvalue weighted by atomic mass is 10.1. The zero-order chi connectivity index (χ0) is 14.7. The molecule has 0 bridgehead atoms. The Hall–Kier alpha value is -1.95. The quantitative estimate of drug-likeness (QED) is 0.896. The molecule has 1 fully saturated rings. The van der Waals surface area contributed by atoms with Crippen LogP contribution in [-0.2, 0) is 14.3 Å². The SMILES string of the molecule is CC(c1ccncc1)N(C)C(=O)[C@@H]1CC[C@H](C(=O)O)O1. The van der Waals surface area contributed by atoms with Gasteiger partial charge < -0.3 is 14.7 Å². The summed E-state index contributed by atoms with van der Waals surface area (Å²) < 4.78 is 5.29. The number of carboxylic acid groups (broad SMARTS) is 1. The zero-order valence-electron chi connectivity index (χ0n) is 11.5. The van der Waals surface area contributed by atoms with Gasteiger partial charge in [-0.25, -0.2) is 4.79 Å². The van der Waals surface area contributed by atoms with Crippen LogP contribution in [0.2, 0.25) is 0 Å². The minimum Gasteiger partial charge on any atom is -0.479 e. The maximum absolute atomic E-state index is 12.3. The Balaban J connectivity index is 2.01. The van der Waals surface area contributed by atoms with Gasteiger partial charge in [0.05, 0.1) is 6.04 Å². The third kappa shape index (κ3) is 2.96. The summed E-state index contributed by atoms with van der Waals surface area (Å²) in [4.78, 5) is 28.7. The minimum absolute atomic E-state index is 0.113. The van der Waals surface area contributed by atoms with Crippen molar-refractivity contribution in [2.24, 2.45) is 0 Å². The summed E-state index contributed by atoms with van der Waals surface area (Å²) in [6, 6.07) is 3.59. The highest BCUT2D eigenvalue weighted by atomic mass is 16.5. The minimum atomic E-state index is -1.01. The molecule has 20 heavy (non-hydrogen) atoms. The van der Waals surface area contributed by atoms with Crippen LogP contribution in [-0.4, -0.2) is 46.1 Å². The molecule has 2 rings (SSSR count). The summed E-state index contributed by atoms with van der Waals surface area (Å²) in [5.74, 6) is -1.19. The van der Waals surface area contributed by atoms with Gasteiger partial charge >= 0.3 is 5.97 Å². The number of amides is 1. The Morgan fingerprint density at radius 1 is 1.35 bits per heavy atom. The van der Waals surface area contributed by atoms with Crippen molar-refractivity contribution >= 4 is 11.9 Å². The van der Waals surface area contributed by atoms with Crippen LogP contribution in [0.3, 0.4) is 0 Å². The van der Waals surface area contributed by atoms with E-state index in [1.807, 2.05) is 19.1 Å². The number of ether oxygens (including phenoxy) is 1. The van der Waals surface area contributed by atoms with Crippen molar-refractivity contribution in [3.05, 3.63) is 30.1 Å². The van der Waals surface area contributed by atoms with E-state index in [2.05, 4.69) is 4.98 Å². The maximum atomic E-state index is 12.3. The molecule has 0 aromatic carbocycles. The lowest BCUT2D eigenvalue weighted by Gasteiger charge is -2.27. The number of hydrogen-bond donors (Lipinski definition) is 1. The molecule has 0 radical (unpaired) electrons. The molecule has 1 aliphatic rings. The first-order chi connectivity index (χ1) is 9.50. The number of aromatic nitrogens is 1. The molecule has 1 aliphatic heterocycles. The second-order valence-electron chi connectivity index (χ2n) is 4.93. The molecular weight excluding hydrogens is 260 g/mol. The number of pyridine rings is 1. The van der Waals surface area contributed by atoms with Gasteiger partial charge in [0.15, 0.2) is 6.10 Å². The lowest BCUT2D eigenvalue weighted by Crippen LogP contribution is -2.38. The van der Waals surface area contributed by atoms with Crippen molar-refractivity contribution in [2.75, 3.05) is 7.05 Å². The van der Waals surface area contributed by atoms with Crippen molar-refractivity contribution in [1.29, 1.82) is 0 Å². The predicted molar refractivity (Wildman–Crippen MR) is 71.0 cm³/mol. The molecule has 3 atom stereocenters. The van der Waals surface area contributed by atoms with E-state index in [9.17, 15) is 9.59 Å². The first kappa shape index (κ1) is 14.5. The van der Waals surface area contributed by atoms with E-state index in [0.29, 0.717) is 12.8 Å². The van der Waals surface area contributed by atoms with Gasteiger partial charge in [-0.1, -0.05) is 0 Å². The van der Waals surface area contributed by atoms with Crippen LogP contribution in [0.1, 0.15) is 31.4 Å². The number of rotatable bonds is 4. The molecule has 1 aromatic rings. The van der Waals surface area contributed by atoms with Gasteiger partial charge in [-0.2, -0.15) is 0 Å². The lowest BCUT2D eigenvalue weighted by molar-refractivity contribution is -0.155. The van der Waals surface area contributed by atoms with Crippen LogP contribution in [0.15, 0.2) is 24.5 Å². The molecule has 1 saturated heterocycles. The Morgan fingerprint density at radius 3 is 2.50 bits per heavy atom. The Bertz CT molecular complexity index is 491. The van der Waals surface area contributed by atoms with E-state index in [-0.39, 0.29) is 11.9 Å². The molecule has 0 aliphatic carbocycles. The second-order valence-corrected chi connectivity index (χ2v) is 4.93. The number of carbonyl (C=O) groups excluding carboxylic acids is 1. The van der Waals surface area contributed by atoms with Crippen molar-refractivity contribution < 1.29 is 19.4 Å². The first-order valence-corrected chi connectivity index (χ1v) is 6.55. The highest BCUT2D eigenvalue weighted by molar-refractivity contribution is 5.82. The van der Waals surface area contributed by atoms with Gasteiger partial charge in [-0.3, -0.25) is 9.78 Å². The molecule has 1 amide bonds. The average molecular weight is 278 g/mol. The van der Waals surface area contributed by atoms with Crippen LogP contribution in [0.5, 0.6) is 0 Å². The third-order valence-corrected chi connectivity index (χ3v) is 3.69. The molecule has 1 N–H and O–H groups in total. The summed E-state index contributed by atoms with van der Waals surface area (Å²) in [5.41, 5.74) is 0.976. The average Bonchev–Trinajstić information content (AvgIpc) is 2.96. The number of aliphatic carboxylic acids is 1. The molecule has 6 heteroatoms. The second kappa shape index (κ2) is 6.00. The zero-order valence-corrected chi connectivity index (χ0v) is 11.5. The van der Waals surface area contributed by atoms with E-state index in [0.717, 1.165) is 5.56 Å². The van der Waals surface area contributed by atoms with Gasteiger partial charge in [-0.05, 0) is 37.5 Å². The van der Waals surface area contributed by atoms with Gasteiger partial charge in [-0.15, -0.1) is 0 Å². The largest absolute Gasteiger partial charge is 0.479 e. The summed E-state index contributed by atoms with van der Waals surface area (Å²) >= 11 is 0. The summed E-state index contributed by atoms with van der Waals surface area (Å²) in [5, 5.41) is 8.88. The molecule has 108 valence electrons. The van der Waals surface area contributed by atoms with Crippen LogP contribution in [0.4, 0.5) is 0 Å². The molecule has 6 nitrogen and oxygen atoms in total. The fourth-order valence-corrected chi connectivity index (χ4v) is 2.28. The van der Waals surface area contributed by atoms with Crippen LogP contribution in [0, 0.1) is 0 Å². The van der Waals surface area contributed by atoms with Crippen molar-refractivity contribution in [1.82, 2.24) is 9.88 Å². The maximum Gasteiger partial charge on any atom is 0.332 e. The fraction of sp³-hybridized carbons (Fsp3) is 0.500. The Labute approximate surface area is 117 Å². The van der Waals surface area contributed by atoms with E-state index in [1.165, 1.54) is 0 Å². The van der Waals surface area contributed by atoms with Crippen LogP contribution in [0.25, 0.3) is 0 Å². The third-order valence-electron chi connectivity index (χ3n) is 3.69. The summed E-state index contributed by atoms with van der Waals surface area (Å²) in [7, 11) is 1.70. The van der Waals surface area contributed by atoms with E-state index < -0.39 is 18.2 Å². The van der Waals surface area contributed by atoms with Gasteiger partial charge in [0, 0.05) is 19.4 Å². The number of carbonyl (C=O) groups is 2.